The quantitative estimate of drug-likeness (QED) is 0.352. The van der Waals surface area contributed by atoms with Crippen molar-refractivity contribution in [3.63, 3.8) is 0 Å². The minimum Gasteiger partial charge on any atom is -0.469 e. The normalized spacial score (nSPS) is 8.35. The second-order valence-corrected chi connectivity index (χ2v) is 3.65. The summed E-state index contributed by atoms with van der Waals surface area (Å²) in [6, 6.07) is 5.16. The van der Waals surface area contributed by atoms with E-state index >= 15 is 0 Å². The molecule has 0 aliphatic rings. The van der Waals surface area contributed by atoms with Crippen molar-refractivity contribution >= 4 is 0 Å². The predicted octanol–water partition coefficient (Wildman–Crippen LogP) is 2.90. The van der Waals surface area contributed by atoms with Gasteiger partial charge in [-0.05, 0) is 11.1 Å². The molecule has 0 saturated heterocycles. The van der Waals surface area contributed by atoms with E-state index in [0.717, 1.165) is 0 Å². The molecule has 0 amide bonds. The first-order chi connectivity index (χ1) is 10.7. The summed E-state index contributed by atoms with van der Waals surface area (Å²) in [7, 11) is 0. The Kier molecular flexibility index (Phi) is 10.3. The Labute approximate surface area is 141 Å². The van der Waals surface area contributed by atoms with Crippen LogP contribution in [0.5, 0.6) is 0 Å². The van der Waals surface area contributed by atoms with E-state index in [-0.39, 0.29) is 43.4 Å². The van der Waals surface area contributed by atoms with Gasteiger partial charge in [-0.3, -0.25) is 9.59 Å². The Morgan fingerprint density at radius 1 is 0.870 bits per heavy atom. The Morgan fingerprint density at radius 2 is 1.26 bits per heavy atom. The van der Waals surface area contributed by atoms with Crippen LogP contribution in [0.3, 0.4) is 0 Å². The predicted molar refractivity (Wildman–Crippen MR) is 75.7 cm³/mol. The maximum atomic E-state index is 10.7. The summed E-state index contributed by atoms with van der Waals surface area (Å²) in [6.45, 7) is 0.152. The van der Waals surface area contributed by atoms with Crippen molar-refractivity contribution in [2.75, 3.05) is 0 Å². The molecule has 0 N–H and O–H groups in total. The monoisotopic (exact) mass is 366 g/mol. The van der Waals surface area contributed by atoms with E-state index in [1.165, 1.54) is 36.8 Å². The molecule has 0 fully saturated rings. The summed E-state index contributed by atoms with van der Waals surface area (Å²) in [6.07, 6.45) is 2.54. The van der Waals surface area contributed by atoms with Gasteiger partial charge in [0.2, 0.25) is 0 Å². The standard InChI is InChI=1S/2C6H5N3O2.Zn/c2*7-9-8-4-6-3-5(10)1-2-11-6;/h2*1-3H,4H2;. The third-order valence-electron chi connectivity index (χ3n) is 2.09. The van der Waals surface area contributed by atoms with Crippen LogP contribution in [0.2, 0.25) is 0 Å². The molecule has 0 radical (unpaired) electrons. The molecule has 11 heteroatoms. The molecule has 0 aromatic carbocycles. The molecular formula is C12H10N6O4Zn. The zero-order valence-electron chi connectivity index (χ0n) is 11.9. The first-order valence-electron chi connectivity index (χ1n) is 5.83. The van der Waals surface area contributed by atoms with Gasteiger partial charge in [-0.2, -0.15) is 0 Å². The molecule has 0 spiro atoms. The Morgan fingerprint density at radius 3 is 1.57 bits per heavy atom. The van der Waals surface area contributed by atoms with Crippen molar-refractivity contribution in [3.05, 3.63) is 89.6 Å². The molecule has 2 rings (SSSR count). The van der Waals surface area contributed by atoms with Gasteiger partial charge in [-0.25, -0.2) is 0 Å². The van der Waals surface area contributed by atoms with Crippen molar-refractivity contribution < 1.29 is 28.3 Å². The molecule has 2 heterocycles. The zero-order valence-corrected chi connectivity index (χ0v) is 14.9. The van der Waals surface area contributed by atoms with E-state index in [1.54, 1.807) is 0 Å². The van der Waals surface area contributed by atoms with Gasteiger partial charge in [-0.1, -0.05) is 10.2 Å². The minimum absolute atomic E-state index is 0. The smallest absolute Gasteiger partial charge is 0.185 e. The van der Waals surface area contributed by atoms with Gasteiger partial charge in [0, 0.05) is 53.6 Å². The summed E-state index contributed by atoms with van der Waals surface area (Å²) < 4.78 is 9.69. The van der Waals surface area contributed by atoms with E-state index in [9.17, 15) is 9.59 Å². The second kappa shape index (κ2) is 11.8. The van der Waals surface area contributed by atoms with Crippen molar-refractivity contribution in [2.45, 2.75) is 13.1 Å². The van der Waals surface area contributed by atoms with Gasteiger partial charge >= 0.3 is 0 Å². The minimum atomic E-state index is -0.153. The molecule has 0 saturated carbocycles. The maximum Gasteiger partial charge on any atom is 0.185 e. The molecule has 0 bridgehead atoms. The number of rotatable bonds is 4. The molecule has 0 aliphatic carbocycles. The molecule has 114 valence electrons. The molecule has 2 aromatic rings. The third kappa shape index (κ3) is 8.90. The fourth-order valence-electron chi connectivity index (χ4n) is 1.23. The summed E-state index contributed by atoms with van der Waals surface area (Å²) in [5, 5.41) is 6.46. The average molecular weight is 368 g/mol. The molecule has 0 atom stereocenters. The largest absolute Gasteiger partial charge is 0.469 e. The van der Waals surface area contributed by atoms with E-state index in [1.807, 2.05) is 0 Å². The Balaban J connectivity index is 0.000000403. The zero-order chi connectivity index (χ0) is 16.2. The van der Waals surface area contributed by atoms with Crippen molar-refractivity contribution in [2.24, 2.45) is 10.2 Å². The van der Waals surface area contributed by atoms with Gasteiger partial charge < -0.3 is 8.83 Å². The van der Waals surface area contributed by atoms with Crippen LogP contribution in [-0.2, 0) is 32.6 Å². The van der Waals surface area contributed by atoms with Gasteiger partial charge in [0.25, 0.3) is 0 Å². The summed E-state index contributed by atoms with van der Waals surface area (Å²) in [5.41, 5.74) is 15.6. The van der Waals surface area contributed by atoms with Crippen molar-refractivity contribution in [3.8, 4) is 0 Å². The van der Waals surface area contributed by atoms with Crippen molar-refractivity contribution in [1.29, 1.82) is 0 Å². The second-order valence-electron chi connectivity index (χ2n) is 3.65. The van der Waals surface area contributed by atoms with Gasteiger partial charge in [0.05, 0.1) is 25.6 Å². The van der Waals surface area contributed by atoms with Crippen LogP contribution in [0, 0.1) is 0 Å². The molecule has 2 aromatic heterocycles. The Bertz CT molecular complexity index is 751. The van der Waals surface area contributed by atoms with Crippen LogP contribution in [0.1, 0.15) is 11.5 Å². The van der Waals surface area contributed by atoms with Crippen LogP contribution >= 0.6 is 0 Å². The van der Waals surface area contributed by atoms with E-state index in [2.05, 4.69) is 20.1 Å². The number of nitrogens with zero attached hydrogens (tertiary/aromatic N) is 6. The van der Waals surface area contributed by atoms with E-state index < -0.39 is 0 Å². The fourth-order valence-corrected chi connectivity index (χ4v) is 1.23. The van der Waals surface area contributed by atoms with E-state index in [4.69, 9.17) is 19.9 Å². The first-order valence-corrected chi connectivity index (χ1v) is 5.83. The SMILES string of the molecule is [N-]=[N+]=NCc1cc(=O)cco1.[N-]=[N+]=NCc1cc(=O)cco1.[Zn]. The van der Waals surface area contributed by atoms with Crippen LogP contribution in [-0.4, -0.2) is 0 Å². The van der Waals surface area contributed by atoms with Crippen LogP contribution in [0.15, 0.2) is 65.4 Å². The van der Waals surface area contributed by atoms with Gasteiger partial charge in [-0.15, -0.1) is 0 Å². The maximum absolute atomic E-state index is 10.7. The summed E-state index contributed by atoms with van der Waals surface area (Å²) in [4.78, 5) is 26.4. The summed E-state index contributed by atoms with van der Waals surface area (Å²) >= 11 is 0. The third-order valence-corrected chi connectivity index (χ3v) is 2.09. The molecule has 10 nitrogen and oxygen atoms in total. The number of hydrogen-bond donors (Lipinski definition) is 0. The number of azide groups is 2. The summed E-state index contributed by atoms with van der Waals surface area (Å²) in [5.74, 6) is 0.741. The Hall–Kier alpha value is -2.86. The van der Waals surface area contributed by atoms with Crippen LogP contribution in [0.25, 0.3) is 20.9 Å². The number of hydrogen-bond acceptors (Lipinski definition) is 6. The molecule has 0 aliphatic heterocycles. The van der Waals surface area contributed by atoms with Gasteiger partial charge in [0.1, 0.15) is 11.5 Å². The molecule has 0 unspecified atom stereocenters. The van der Waals surface area contributed by atoms with Crippen LogP contribution in [0.4, 0.5) is 0 Å². The first kappa shape index (κ1) is 20.1. The van der Waals surface area contributed by atoms with Crippen molar-refractivity contribution in [1.82, 2.24) is 0 Å². The molecule has 23 heavy (non-hydrogen) atoms. The average Bonchev–Trinajstić information content (AvgIpc) is 2.52. The molecular weight excluding hydrogens is 358 g/mol. The van der Waals surface area contributed by atoms with E-state index in [0.29, 0.717) is 11.5 Å². The van der Waals surface area contributed by atoms with Crippen LogP contribution < -0.4 is 10.9 Å². The fraction of sp³-hybridized carbons (Fsp3) is 0.167. The van der Waals surface area contributed by atoms with Gasteiger partial charge in [0.15, 0.2) is 10.9 Å². The topological polar surface area (TPSA) is 158 Å².